The lowest BCUT2D eigenvalue weighted by molar-refractivity contribution is 0.478. The number of hydrogen-bond acceptors (Lipinski definition) is 5. The third-order valence-electron chi connectivity index (χ3n) is 4.52. The van der Waals surface area contributed by atoms with Gasteiger partial charge < -0.3 is 4.74 Å². The molecule has 4 rings (SSSR count). The summed E-state index contributed by atoms with van der Waals surface area (Å²) in [6, 6.07) is 20.0. The Morgan fingerprint density at radius 3 is 2.53 bits per heavy atom. The number of rotatable bonds is 7. The lowest BCUT2D eigenvalue weighted by Gasteiger charge is -2.10. The number of benzene rings is 2. The highest BCUT2D eigenvalue weighted by Crippen LogP contribution is 2.26. The van der Waals surface area contributed by atoms with Gasteiger partial charge in [-0.15, -0.1) is 11.3 Å². The summed E-state index contributed by atoms with van der Waals surface area (Å²) in [6.07, 6.45) is 3.44. The van der Waals surface area contributed by atoms with Crippen LogP contribution in [-0.2, 0) is 16.6 Å². The highest BCUT2D eigenvalue weighted by molar-refractivity contribution is 7.89. The minimum absolute atomic E-state index is 0.163. The number of aryl methyl sites for hydroxylation is 1. The number of sulfonamides is 1. The molecule has 1 N–H and O–H groups in total. The fourth-order valence-corrected chi connectivity index (χ4v) is 4.63. The van der Waals surface area contributed by atoms with Crippen molar-refractivity contribution in [1.29, 1.82) is 0 Å². The molecule has 0 amide bonds. The first kappa shape index (κ1) is 20.3. The van der Waals surface area contributed by atoms with Gasteiger partial charge in [-0.2, -0.15) is 0 Å². The molecule has 0 aliphatic carbocycles. The van der Waals surface area contributed by atoms with Crippen LogP contribution in [-0.4, -0.2) is 13.4 Å². The Kier molecular flexibility index (Phi) is 5.94. The largest absolute Gasteiger partial charge is 0.457 e. The molecule has 4 aromatic rings. The molecule has 0 atom stereocenters. The maximum atomic E-state index is 12.7. The number of ether oxygens (including phenoxy) is 1. The van der Waals surface area contributed by atoms with Crippen LogP contribution < -0.4 is 9.46 Å². The summed E-state index contributed by atoms with van der Waals surface area (Å²) in [7, 11) is -3.65. The van der Waals surface area contributed by atoms with Crippen LogP contribution in [0.4, 0.5) is 0 Å². The Morgan fingerprint density at radius 2 is 1.80 bits per heavy atom. The quantitative estimate of drug-likeness (QED) is 0.422. The predicted molar refractivity (Wildman–Crippen MR) is 119 cm³/mol. The van der Waals surface area contributed by atoms with Gasteiger partial charge in [0.1, 0.15) is 11.5 Å². The molecule has 7 heteroatoms. The fraction of sp³-hybridized carbons (Fsp3) is 0.0870. The second kappa shape index (κ2) is 8.79. The molecule has 0 radical (unpaired) electrons. The van der Waals surface area contributed by atoms with E-state index in [0.29, 0.717) is 5.75 Å². The summed E-state index contributed by atoms with van der Waals surface area (Å²) >= 11 is 1.62. The lowest BCUT2D eigenvalue weighted by Crippen LogP contribution is -2.23. The first-order valence-electron chi connectivity index (χ1n) is 9.32. The van der Waals surface area contributed by atoms with Crippen LogP contribution in [0.15, 0.2) is 89.4 Å². The number of nitrogens with zero attached hydrogens (tertiary/aromatic N) is 1. The second-order valence-electron chi connectivity index (χ2n) is 6.72. The number of para-hydroxylation sites is 1. The van der Waals surface area contributed by atoms with Gasteiger partial charge in [-0.1, -0.05) is 24.3 Å². The molecular weight excluding hydrogens is 416 g/mol. The second-order valence-corrected chi connectivity index (χ2v) is 9.44. The number of hydrogen-bond donors (Lipinski definition) is 1. The van der Waals surface area contributed by atoms with E-state index in [0.717, 1.165) is 27.3 Å². The van der Waals surface area contributed by atoms with Crippen molar-refractivity contribution in [2.75, 3.05) is 0 Å². The first-order valence-corrected chi connectivity index (χ1v) is 11.7. The molecule has 5 nitrogen and oxygen atoms in total. The van der Waals surface area contributed by atoms with E-state index >= 15 is 0 Å². The summed E-state index contributed by atoms with van der Waals surface area (Å²) in [6.45, 7) is 2.12. The molecule has 0 spiro atoms. The summed E-state index contributed by atoms with van der Waals surface area (Å²) in [4.78, 5) is 5.50. The molecule has 0 unspecified atom stereocenters. The van der Waals surface area contributed by atoms with Gasteiger partial charge in [-0.3, -0.25) is 4.98 Å². The molecule has 0 bridgehead atoms. The molecule has 30 heavy (non-hydrogen) atoms. The van der Waals surface area contributed by atoms with Crippen LogP contribution in [0.25, 0.3) is 10.4 Å². The van der Waals surface area contributed by atoms with E-state index in [4.69, 9.17) is 4.74 Å². The van der Waals surface area contributed by atoms with Crippen LogP contribution in [0.3, 0.4) is 0 Å². The number of aromatic nitrogens is 1. The zero-order valence-corrected chi connectivity index (χ0v) is 17.9. The van der Waals surface area contributed by atoms with Crippen molar-refractivity contribution < 1.29 is 13.2 Å². The fourth-order valence-electron chi connectivity index (χ4n) is 2.91. The number of thiophene rings is 1. The minimum atomic E-state index is -3.65. The predicted octanol–water partition coefficient (Wildman–Crippen LogP) is 5.39. The van der Waals surface area contributed by atoms with E-state index in [-0.39, 0.29) is 11.4 Å². The van der Waals surface area contributed by atoms with Crippen molar-refractivity contribution in [2.24, 2.45) is 0 Å². The van der Waals surface area contributed by atoms with Gasteiger partial charge in [0.05, 0.1) is 4.90 Å². The van der Waals surface area contributed by atoms with Crippen molar-refractivity contribution in [2.45, 2.75) is 18.4 Å². The van der Waals surface area contributed by atoms with E-state index in [1.165, 1.54) is 12.1 Å². The average Bonchev–Trinajstić information content (AvgIpc) is 3.30. The smallest absolute Gasteiger partial charge is 0.240 e. The van der Waals surface area contributed by atoms with Crippen LogP contribution in [0, 0.1) is 6.92 Å². The monoisotopic (exact) mass is 436 g/mol. The maximum Gasteiger partial charge on any atom is 0.240 e. The first-order chi connectivity index (χ1) is 14.5. The highest BCUT2D eigenvalue weighted by Gasteiger charge is 2.14. The van der Waals surface area contributed by atoms with Crippen molar-refractivity contribution in [1.82, 2.24) is 9.71 Å². The summed E-state index contributed by atoms with van der Waals surface area (Å²) in [5.74, 6) is 1.32. The molecule has 152 valence electrons. The number of pyridine rings is 1. The summed E-state index contributed by atoms with van der Waals surface area (Å²) in [5, 5.41) is 2.00. The topological polar surface area (TPSA) is 68.3 Å². The molecule has 0 fully saturated rings. The third kappa shape index (κ3) is 4.76. The average molecular weight is 437 g/mol. The lowest BCUT2D eigenvalue weighted by atomic mass is 10.2. The van der Waals surface area contributed by atoms with Gasteiger partial charge >= 0.3 is 0 Å². The Hall–Kier alpha value is -3.00. The van der Waals surface area contributed by atoms with E-state index in [9.17, 15) is 8.42 Å². The zero-order chi connectivity index (χ0) is 21.0. The normalized spacial score (nSPS) is 11.4. The van der Waals surface area contributed by atoms with Crippen LogP contribution in [0.5, 0.6) is 11.5 Å². The van der Waals surface area contributed by atoms with E-state index in [2.05, 4.69) is 9.71 Å². The molecule has 0 saturated heterocycles. The molecule has 2 aromatic heterocycles. The Labute approximate surface area is 180 Å². The molecule has 2 heterocycles. The zero-order valence-electron chi connectivity index (χ0n) is 16.3. The minimum Gasteiger partial charge on any atom is -0.457 e. The highest BCUT2D eigenvalue weighted by atomic mass is 32.2. The SMILES string of the molecule is Cc1ccccc1Oc1ccc(S(=O)(=O)NCc2cncc(-c3cccs3)c2)cc1. The molecular formula is C23H20N2O3S2. The maximum absolute atomic E-state index is 12.7. The Morgan fingerprint density at radius 1 is 1.00 bits per heavy atom. The number of nitrogens with one attached hydrogen (secondary N) is 1. The van der Waals surface area contributed by atoms with Crippen LogP contribution in [0.2, 0.25) is 0 Å². The van der Waals surface area contributed by atoms with Crippen LogP contribution in [0.1, 0.15) is 11.1 Å². The van der Waals surface area contributed by atoms with Crippen molar-refractivity contribution >= 4 is 21.4 Å². The summed E-state index contributed by atoms with van der Waals surface area (Å²) in [5.41, 5.74) is 2.78. The van der Waals surface area contributed by atoms with Gasteiger partial charge in [-0.05, 0) is 65.9 Å². The Balaban J connectivity index is 1.44. The molecule has 2 aromatic carbocycles. The van der Waals surface area contributed by atoms with Crippen molar-refractivity contribution in [3.8, 4) is 21.9 Å². The van der Waals surface area contributed by atoms with Crippen molar-refractivity contribution in [3.05, 3.63) is 95.6 Å². The molecule has 0 aliphatic heterocycles. The van der Waals surface area contributed by atoms with Gasteiger partial charge in [-0.25, -0.2) is 13.1 Å². The van der Waals surface area contributed by atoms with Crippen LogP contribution >= 0.6 is 11.3 Å². The van der Waals surface area contributed by atoms with Gasteiger partial charge in [0.15, 0.2) is 0 Å². The van der Waals surface area contributed by atoms with Gasteiger partial charge in [0.25, 0.3) is 0 Å². The van der Waals surface area contributed by atoms with Gasteiger partial charge in [0, 0.05) is 29.4 Å². The molecule has 0 saturated carbocycles. The van der Waals surface area contributed by atoms with E-state index in [1.807, 2.05) is 54.8 Å². The standard InChI is InChI=1S/C23H20N2O3S2/c1-17-5-2-3-6-22(17)28-20-8-10-21(11-9-20)30(26,27)25-15-18-13-19(16-24-14-18)23-7-4-12-29-23/h2-14,16,25H,15H2,1H3. The third-order valence-corrected chi connectivity index (χ3v) is 6.86. The van der Waals surface area contributed by atoms with E-state index < -0.39 is 10.0 Å². The molecule has 0 aliphatic rings. The Bertz CT molecular complexity index is 1240. The van der Waals surface area contributed by atoms with Crippen molar-refractivity contribution in [3.63, 3.8) is 0 Å². The summed E-state index contributed by atoms with van der Waals surface area (Å²) < 4.78 is 33.8. The van der Waals surface area contributed by atoms with E-state index in [1.54, 1.807) is 35.9 Å². The van der Waals surface area contributed by atoms with Gasteiger partial charge in [0.2, 0.25) is 10.0 Å².